The predicted octanol–water partition coefficient (Wildman–Crippen LogP) is 2.08. The third-order valence-corrected chi connectivity index (χ3v) is 2.24. The maximum Gasteiger partial charge on any atom is 0.279 e. The van der Waals surface area contributed by atoms with Crippen LogP contribution in [0.3, 0.4) is 0 Å². The van der Waals surface area contributed by atoms with Crippen molar-refractivity contribution in [2.45, 2.75) is 11.8 Å². The van der Waals surface area contributed by atoms with Crippen molar-refractivity contribution in [3.8, 4) is 6.07 Å². The molecule has 1 rings (SSSR count). The summed E-state index contributed by atoms with van der Waals surface area (Å²) in [6, 6.07) is 2.77. The van der Waals surface area contributed by atoms with E-state index in [1.54, 1.807) is 6.07 Å². The minimum Gasteiger partial charge on any atom is -0.320 e. The lowest BCUT2D eigenvalue weighted by Gasteiger charge is -2.03. The van der Waals surface area contributed by atoms with Gasteiger partial charge in [0.2, 0.25) is 0 Å². The molecule has 0 bridgehead atoms. The van der Waals surface area contributed by atoms with E-state index in [0.29, 0.717) is 0 Å². The van der Waals surface area contributed by atoms with E-state index in [4.69, 9.17) is 5.26 Å². The molecule has 0 aliphatic rings. The van der Waals surface area contributed by atoms with Gasteiger partial charge in [0.05, 0.1) is 5.56 Å². The van der Waals surface area contributed by atoms with Gasteiger partial charge in [0, 0.05) is 10.9 Å². The van der Waals surface area contributed by atoms with Crippen molar-refractivity contribution in [1.29, 1.82) is 5.26 Å². The Morgan fingerprint density at radius 2 is 2.29 bits per heavy atom. The molecule has 1 aromatic heterocycles. The average Bonchev–Trinajstić information content (AvgIpc) is 2.17. The van der Waals surface area contributed by atoms with Crippen LogP contribution in [0.25, 0.3) is 0 Å². The van der Waals surface area contributed by atoms with Gasteiger partial charge in [-0.1, -0.05) is 15.9 Å². The summed E-state index contributed by atoms with van der Waals surface area (Å²) in [5.41, 5.74) is -1.17. The third-order valence-electron chi connectivity index (χ3n) is 1.63. The summed E-state index contributed by atoms with van der Waals surface area (Å²) in [7, 11) is 0. The minimum atomic E-state index is -2.85. The number of hydrogen-bond donors (Lipinski definition) is 1. The summed E-state index contributed by atoms with van der Waals surface area (Å²) in [5, 5.41) is 8.78. The summed E-state index contributed by atoms with van der Waals surface area (Å²) in [4.78, 5) is 13.1. The molecule has 0 amide bonds. The molecule has 0 aliphatic heterocycles. The number of aromatic amines is 1. The maximum absolute atomic E-state index is 12.3. The summed E-state index contributed by atoms with van der Waals surface area (Å²) >= 11 is 3.02. The molecular formula is C8H5BrF2N2O. The van der Waals surface area contributed by atoms with Crippen LogP contribution in [0, 0.1) is 11.3 Å². The number of halogens is 3. The average molecular weight is 263 g/mol. The first kappa shape index (κ1) is 10.9. The molecule has 0 spiro atoms. The second-order valence-electron chi connectivity index (χ2n) is 2.50. The molecule has 0 radical (unpaired) electrons. The molecule has 0 aromatic carbocycles. The van der Waals surface area contributed by atoms with Gasteiger partial charge < -0.3 is 4.98 Å². The lowest BCUT2D eigenvalue weighted by Crippen LogP contribution is -2.15. The number of nitrogens with one attached hydrogen (secondary N) is 1. The van der Waals surface area contributed by atoms with Crippen LogP contribution < -0.4 is 5.56 Å². The normalized spacial score (nSPS) is 10.2. The van der Waals surface area contributed by atoms with Gasteiger partial charge in [-0.15, -0.1) is 0 Å². The smallest absolute Gasteiger partial charge is 0.279 e. The molecule has 6 heteroatoms. The van der Waals surface area contributed by atoms with E-state index in [1.165, 1.54) is 0 Å². The fourth-order valence-corrected chi connectivity index (χ4v) is 1.37. The molecule has 0 unspecified atom stereocenters. The zero-order valence-corrected chi connectivity index (χ0v) is 8.44. The first-order chi connectivity index (χ1) is 6.60. The highest BCUT2D eigenvalue weighted by atomic mass is 79.9. The Balaban J connectivity index is 3.41. The van der Waals surface area contributed by atoms with Crippen molar-refractivity contribution in [2.75, 3.05) is 0 Å². The fourth-order valence-electron chi connectivity index (χ4n) is 0.951. The van der Waals surface area contributed by atoms with Gasteiger partial charge in [-0.05, 0) is 6.07 Å². The van der Waals surface area contributed by atoms with Crippen molar-refractivity contribution in [3.63, 3.8) is 0 Å². The zero-order valence-electron chi connectivity index (χ0n) is 6.85. The number of nitriles is 1. The monoisotopic (exact) mass is 262 g/mol. The lowest BCUT2D eigenvalue weighted by molar-refractivity contribution is 0.145. The standard InChI is InChI=1S/C8H5BrF2N2O/c9-2-4-1-5(3-12)6(7(10)11)13-8(4)14/h1,7H,2H2,(H,13,14). The molecule has 0 aliphatic carbocycles. The number of aromatic nitrogens is 1. The topological polar surface area (TPSA) is 56.6 Å². The summed E-state index contributed by atoms with van der Waals surface area (Å²) in [5.74, 6) is 0. The van der Waals surface area contributed by atoms with Crippen molar-refractivity contribution >= 4 is 15.9 Å². The van der Waals surface area contributed by atoms with Crippen LogP contribution in [0.15, 0.2) is 10.9 Å². The van der Waals surface area contributed by atoms with Crippen LogP contribution in [0.1, 0.15) is 23.2 Å². The molecule has 3 nitrogen and oxygen atoms in total. The van der Waals surface area contributed by atoms with Crippen molar-refractivity contribution < 1.29 is 8.78 Å². The lowest BCUT2D eigenvalue weighted by atomic mass is 10.1. The first-order valence-corrected chi connectivity index (χ1v) is 4.72. The number of rotatable bonds is 2. The summed E-state index contributed by atoms with van der Waals surface area (Å²) in [6.45, 7) is 0. The predicted molar refractivity (Wildman–Crippen MR) is 49.4 cm³/mol. The van der Waals surface area contributed by atoms with Gasteiger partial charge in [0.25, 0.3) is 12.0 Å². The Bertz CT molecular complexity index is 436. The van der Waals surface area contributed by atoms with Gasteiger partial charge in [-0.25, -0.2) is 8.78 Å². The Kier molecular flexibility index (Phi) is 3.36. The maximum atomic E-state index is 12.3. The minimum absolute atomic E-state index is 0.200. The molecule has 0 atom stereocenters. The van der Waals surface area contributed by atoms with E-state index in [2.05, 4.69) is 15.9 Å². The van der Waals surface area contributed by atoms with Crippen molar-refractivity contribution in [3.05, 3.63) is 33.2 Å². The Morgan fingerprint density at radius 3 is 2.71 bits per heavy atom. The van der Waals surface area contributed by atoms with Crippen LogP contribution in [-0.2, 0) is 5.33 Å². The molecule has 14 heavy (non-hydrogen) atoms. The van der Waals surface area contributed by atoms with Crippen LogP contribution in [-0.4, -0.2) is 4.98 Å². The molecule has 0 saturated heterocycles. The highest BCUT2D eigenvalue weighted by molar-refractivity contribution is 9.08. The van der Waals surface area contributed by atoms with Gasteiger partial charge in [0.1, 0.15) is 11.8 Å². The second-order valence-corrected chi connectivity index (χ2v) is 3.06. The molecular weight excluding hydrogens is 258 g/mol. The molecule has 0 fully saturated rings. The molecule has 1 aromatic rings. The second kappa shape index (κ2) is 4.33. The number of hydrogen-bond acceptors (Lipinski definition) is 2. The van der Waals surface area contributed by atoms with Crippen LogP contribution >= 0.6 is 15.9 Å². The SMILES string of the molecule is N#Cc1cc(CBr)c(=O)[nH]c1C(F)F. The van der Waals surface area contributed by atoms with E-state index in [1.807, 2.05) is 4.98 Å². The quantitative estimate of drug-likeness (QED) is 0.830. The number of alkyl halides is 3. The molecule has 1 heterocycles. The Hall–Kier alpha value is -1.22. The number of pyridine rings is 1. The van der Waals surface area contributed by atoms with Crippen molar-refractivity contribution in [2.24, 2.45) is 0 Å². The molecule has 74 valence electrons. The Morgan fingerprint density at radius 1 is 1.64 bits per heavy atom. The molecule has 0 saturated carbocycles. The highest BCUT2D eigenvalue weighted by Gasteiger charge is 2.15. The van der Waals surface area contributed by atoms with E-state index >= 15 is 0 Å². The summed E-state index contributed by atoms with van der Waals surface area (Å²) < 4.78 is 24.6. The van der Waals surface area contributed by atoms with E-state index in [9.17, 15) is 13.6 Å². The number of H-pyrrole nitrogens is 1. The summed E-state index contributed by atoms with van der Waals surface area (Å²) in [6.07, 6.45) is -2.85. The largest absolute Gasteiger partial charge is 0.320 e. The van der Waals surface area contributed by atoms with Crippen LogP contribution in [0.2, 0.25) is 0 Å². The van der Waals surface area contributed by atoms with E-state index < -0.39 is 17.7 Å². The highest BCUT2D eigenvalue weighted by Crippen LogP contribution is 2.19. The molecule has 1 N–H and O–H groups in total. The van der Waals surface area contributed by atoms with Crippen molar-refractivity contribution in [1.82, 2.24) is 4.98 Å². The van der Waals surface area contributed by atoms with E-state index in [-0.39, 0.29) is 16.5 Å². The van der Waals surface area contributed by atoms with Crippen LogP contribution in [0.4, 0.5) is 8.78 Å². The fraction of sp³-hybridized carbons (Fsp3) is 0.250. The first-order valence-electron chi connectivity index (χ1n) is 3.60. The third kappa shape index (κ3) is 1.99. The van der Waals surface area contributed by atoms with Gasteiger partial charge in [-0.2, -0.15) is 5.26 Å². The van der Waals surface area contributed by atoms with Gasteiger partial charge in [0.15, 0.2) is 0 Å². The zero-order chi connectivity index (χ0) is 10.7. The van der Waals surface area contributed by atoms with Gasteiger partial charge >= 0.3 is 0 Å². The van der Waals surface area contributed by atoms with Gasteiger partial charge in [-0.3, -0.25) is 4.79 Å². The number of nitrogens with zero attached hydrogens (tertiary/aromatic N) is 1. The van der Waals surface area contributed by atoms with Crippen LogP contribution in [0.5, 0.6) is 0 Å². The van der Waals surface area contributed by atoms with E-state index in [0.717, 1.165) is 6.07 Å². The Labute approximate surface area is 86.5 Å².